The lowest BCUT2D eigenvalue weighted by atomic mass is 10.1. The Labute approximate surface area is 165 Å². The summed E-state index contributed by atoms with van der Waals surface area (Å²) < 4.78 is 39.1. The summed E-state index contributed by atoms with van der Waals surface area (Å²) in [4.78, 5) is 12.2. The Morgan fingerprint density at radius 3 is 2.21 bits per heavy atom. The van der Waals surface area contributed by atoms with Gasteiger partial charge in [-0.15, -0.1) is 0 Å². The van der Waals surface area contributed by atoms with Crippen LogP contribution >= 0.6 is 0 Å². The van der Waals surface area contributed by atoms with Gasteiger partial charge in [0.1, 0.15) is 5.75 Å². The van der Waals surface area contributed by atoms with Gasteiger partial charge in [0.05, 0.1) is 12.2 Å². The zero-order chi connectivity index (χ0) is 20.4. The van der Waals surface area contributed by atoms with E-state index in [0.717, 1.165) is 38.5 Å². The molecule has 0 bridgehead atoms. The van der Waals surface area contributed by atoms with Crippen LogP contribution in [0.4, 0.5) is 8.78 Å². The van der Waals surface area contributed by atoms with E-state index in [1.54, 1.807) is 24.3 Å². The van der Waals surface area contributed by atoms with E-state index < -0.39 is 23.4 Å². The first kappa shape index (κ1) is 21.9. The minimum atomic E-state index is -1.13. The molecule has 0 N–H and O–H groups in total. The van der Waals surface area contributed by atoms with Crippen molar-refractivity contribution in [2.75, 3.05) is 6.61 Å². The second-order valence-electron chi connectivity index (χ2n) is 6.78. The number of carbonyl (C=O) groups excluding carboxylic acids is 1. The molecule has 0 aliphatic carbocycles. The van der Waals surface area contributed by atoms with E-state index in [2.05, 4.69) is 6.92 Å². The normalized spacial score (nSPS) is 10.7. The average molecular weight is 390 g/mol. The van der Waals surface area contributed by atoms with Gasteiger partial charge in [0.2, 0.25) is 5.82 Å². The smallest absolute Gasteiger partial charge is 0.343 e. The molecule has 0 aliphatic rings. The third-order valence-electron chi connectivity index (χ3n) is 4.49. The number of halogens is 2. The summed E-state index contributed by atoms with van der Waals surface area (Å²) in [5.41, 5.74) is 0.545. The van der Waals surface area contributed by atoms with Crippen molar-refractivity contribution in [2.24, 2.45) is 0 Å². The molecule has 0 fully saturated rings. The monoisotopic (exact) mass is 390 g/mol. The van der Waals surface area contributed by atoms with Crippen molar-refractivity contribution in [3.63, 3.8) is 0 Å². The quantitative estimate of drug-likeness (QED) is 0.250. The lowest BCUT2D eigenvalue weighted by molar-refractivity contribution is 0.0726. The molecule has 2 aromatic rings. The Bertz CT molecular complexity index is 757. The number of carbonyl (C=O) groups is 1. The van der Waals surface area contributed by atoms with Crippen molar-refractivity contribution >= 4 is 5.97 Å². The fourth-order valence-corrected chi connectivity index (χ4v) is 2.80. The molecular formula is C23H28F2O3. The second kappa shape index (κ2) is 11.4. The summed E-state index contributed by atoms with van der Waals surface area (Å²) in [6, 6.07) is 9.20. The van der Waals surface area contributed by atoms with Crippen LogP contribution in [0.25, 0.3) is 0 Å². The Hall–Kier alpha value is -2.43. The number of ether oxygens (including phenoxy) is 2. The molecule has 3 nitrogen and oxygen atoms in total. The molecule has 0 radical (unpaired) electrons. The fraction of sp³-hybridized carbons (Fsp3) is 0.435. The van der Waals surface area contributed by atoms with Gasteiger partial charge in [-0.2, -0.15) is 4.39 Å². The predicted octanol–water partition coefficient (Wildman–Crippen LogP) is 6.49. The van der Waals surface area contributed by atoms with Gasteiger partial charge in [0, 0.05) is 0 Å². The molecule has 28 heavy (non-hydrogen) atoms. The van der Waals surface area contributed by atoms with Gasteiger partial charge in [0.25, 0.3) is 0 Å². The summed E-state index contributed by atoms with van der Waals surface area (Å²) in [5, 5.41) is 0. The highest BCUT2D eigenvalue weighted by Gasteiger charge is 2.18. The number of aryl methyl sites for hydroxylation is 1. The Morgan fingerprint density at radius 1 is 0.857 bits per heavy atom. The van der Waals surface area contributed by atoms with Crippen molar-refractivity contribution in [3.8, 4) is 11.5 Å². The third kappa shape index (κ3) is 6.32. The molecule has 0 atom stereocenters. The molecule has 0 spiro atoms. The molecule has 5 heteroatoms. The highest BCUT2D eigenvalue weighted by molar-refractivity contribution is 5.91. The van der Waals surface area contributed by atoms with Gasteiger partial charge >= 0.3 is 5.97 Å². The molecule has 0 amide bonds. The number of benzene rings is 2. The molecule has 0 saturated carbocycles. The minimum Gasteiger partial charge on any atom is -0.494 e. The molecule has 0 unspecified atom stereocenters. The summed E-state index contributed by atoms with van der Waals surface area (Å²) in [7, 11) is 0. The van der Waals surface area contributed by atoms with Crippen LogP contribution in [-0.4, -0.2) is 12.6 Å². The van der Waals surface area contributed by atoms with Crippen LogP contribution in [0.3, 0.4) is 0 Å². The largest absolute Gasteiger partial charge is 0.494 e. The van der Waals surface area contributed by atoms with E-state index in [9.17, 15) is 13.6 Å². The van der Waals surface area contributed by atoms with Gasteiger partial charge < -0.3 is 9.47 Å². The Kier molecular flexibility index (Phi) is 8.92. The maximum absolute atomic E-state index is 14.2. The SMILES string of the molecule is CCCCCOc1ccc(C(=O)Oc2ccc(CCCCC)c(F)c2F)cc1. The molecule has 2 rings (SSSR count). The Balaban J connectivity index is 1.97. The molecule has 0 aromatic heterocycles. The number of esters is 1. The van der Waals surface area contributed by atoms with Crippen LogP contribution in [0, 0.1) is 11.6 Å². The average Bonchev–Trinajstić information content (AvgIpc) is 2.71. The van der Waals surface area contributed by atoms with Crippen molar-refractivity contribution < 1.29 is 23.0 Å². The van der Waals surface area contributed by atoms with Crippen LogP contribution in [0.1, 0.15) is 68.3 Å². The summed E-state index contributed by atoms with van der Waals surface area (Å²) in [6.45, 7) is 4.78. The maximum Gasteiger partial charge on any atom is 0.343 e. The van der Waals surface area contributed by atoms with Gasteiger partial charge in [-0.25, -0.2) is 9.18 Å². The van der Waals surface area contributed by atoms with E-state index in [-0.39, 0.29) is 5.56 Å². The van der Waals surface area contributed by atoms with Gasteiger partial charge in [-0.1, -0.05) is 45.6 Å². The summed E-state index contributed by atoms with van der Waals surface area (Å²) >= 11 is 0. The molecule has 2 aromatic carbocycles. The molecule has 152 valence electrons. The second-order valence-corrected chi connectivity index (χ2v) is 6.78. The standard InChI is InChI=1S/C23H28F2O3/c1-3-5-7-9-17-12-15-20(22(25)21(17)24)28-23(26)18-10-13-19(14-11-18)27-16-8-6-4-2/h10-15H,3-9,16H2,1-2H3. The maximum atomic E-state index is 14.2. The van der Waals surface area contributed by atoms with Crippen LogP contribution in [0.5, 0.6) is 11.5 Å². The van der Waals surface area contributed by atoms with E-state index in [1.807, 2.05) is 6.92 Å². The number of hydrogen-bond donors (Lipinski definition) is 0. The lowest BCUT2D eigenvalue weighted by Gasteiger charge is -2.10. The van der Waals surface area contributed by atoms with Gasteiger partial charge in [-0.05, 0) is 55.2 Å². The van der Waals surface area contributed by atoms with E-state index in [1.165, 1.54) is 12.1 Å². The van der Waals surface area contributed by atoms with Crippen molar-refractivity contribution in [2.45, 2.75) is 58.8 Å². The lowest BCUT2D eigenvalue weighted by Crippen LogP contribution is -2.10. The van der Waals surface area contributed by atoms with Gasteiger partial charge in [-0.3, -0.25) is 0 Å². The first-order chi connectivity index (χ1) is 13.6. The van der Waals surface area contributed by atoms with Crippen molar-refractivity contribution in [1.29, 1.82) is 0 Å². The fourth-order valence-electron chi connectivity index (χ4n) is 2.80. The van der Waals surface area contributed by atoms with Crippen molar-refractivity contribution in [3.05, 3.63) is 59.2 Å². The summed E-state index contributed by atoms with van der Waals surface area (Å²) in [6.07, 6.45) is 6.40. The van der Waals surface area contributed by atoms with Crippen LogP contribution in [0.2, 0.25) is 0 Å². The molecule has 0 saturated heterocycles. The van der Waals surface area contributed by atoms with E-state index in [0.29, 0.717) is 24.3 Å². The van der Waals surface area contributed by atoms with Crippen LogP contribution < -0.4 is 9.47 Å². The minimum absolute atomic E-state index is 0.243. The van der Waals surface area contributed by atoms with Crippen LogP contribution in [0.15, 0.2) is 36.4 Å². The molecule has 0 heterocycles. The number of rotatable bonds is 11. The zero-order valence-corrected chi connectivity index (χ0v) is 16.6. The summed E-state index contributed by atoms with van der Waals surface area (Å²) in [5.74, 6) is -2.56. The first-order valence-electron chi connectivity index (χ1n) is 9.98. The van der Waals surface area contributed by atoms with E-state index in [4.69, 9.17) is 9.47 Å². The van der Waals surface area contributed by atoms with E-state index >= 15 is 0 Å². The molecular weight excluding hydrogens is 362 g/mol. The predicted molar refractivity (Wildman–Crippen MR) is 106 cm³/mol. The van der Waals surface area contributed by atoms with Crippen molar-refractivity contribution in [1.82, 2.24) is 0 Å². The third-order valence-corrected chi connectivity index (χ3v) is 4.49. The van der Waals surface area contributed by atoms with Crippen LogP contribution in [-0.2, 0) is 6.42 Å². The highest BCUT2D eigenvalue weighted by Crippen LogP contribution is 2.25. The molecule has 0 aliphatic heterocycles. The first-order valence-corrected chi connectivity index (χ1v) is 9.98. The highest BCUT2D eigenvalue weighted by atomic mass is 19.2. The zero-order valence-electron chi connectivity index (χ0n) is 16.6. The number of hydrogen-bond acceptors (Lipinski definition) is 3. The topological polar surface area (TPSA) is 35.5 Å². The number of unbranched alkanes of at least 4 members (excludes halogenated alkanes) is 4. The Morgan fingerprint density at radius 2 is 1.54 bits per heavy atom. The van der Waals surface area contributed by atoms with Gasteiger partial charge in [0.15, 0.2) is 11.6 Å².